The van der Waals surface area contributed by atoms with Crippen LogP contribution in [-0.4, -0.2) is 25.5 Å². The molecule has 5 nitrogen and oxygen atoms in total. The fraction of sp³-hybridized carbons (Fsp3) is 0.200. The van der Waals surface area contributed by atoms with Crippen LogP contribution in [0.3, 0.4) is 0 Å². The number of hydrogen-bond acceptors (Lipinski definition) is 3. The number of carbonyl (C=O) groups excluding carboxylic acids is 2. The summed E-state index contributed by atoms with van der Waals surface area (Å²) in [4.78, 5) is 27.7. The molecule has 3 aromatic rings. The maximum atomic E-state index is 13.1. The lowest BCUT2D eigenvalue weighted by Gasteiger charge is -2.30. The van der Waals surface area contributed by atoms with Crippen LogP contribution in [-0.2, 0) is 6.42 Å². The Labute approximate surface area is 176 Å². The predicted octanol–water partition coefficient (Wildman–Crippen LogP) is 4.85. The summed E-state index contributed by atoms with van der Waals surface area (Å²) < 4.78 is 5.30. The van der Waals surface area contributed by atoms with E-state index in [-0.39, 0.29) is 11.8 Å². The van der Waals surface area contributed by atoms with Gasteiger partial charge >= 0.3 is 0 Å². The average molecular weight is 400 g/mol. The van der Waals surface area contributed by atoms with Gasteiger partial charge in [-0.15, -0.1) is 0 Å². The first kappa shape index (κ1) is 19.7. The van der Waals surface area contributed by atoms with Crippen LogP contribution in [0.15, 0.2) is 66.7 Å². The summed E-state index contributed by atoms with van der Waals surface area (Å²) >= 11 is 0. The van der Waals surface area contributed by atoms with Gasteiger partial charge in [0.05, 0.1) is 12.8 Å². The molecule has 0 saturated heterocycles. The van der Waals surface area contributed by atoms with Crippen molar-refractivity contribution in [1.82, 2.24) is 0 Å². The molecule has 2 amide bonds. The molecule has 0 aliphatic carbocycles. The summed E-state index contributed by atoms with van der Waals surface area (Å²) in [6, 6.07) is 20.5. The monoisotopic (exact) mass is 400 g/mol. The molecule has 5 heteroatoms. The van der Waals surface area contributed by atoms with Gasteiger partial charge in [0.2, 0.25) is 0 Å². The summed E-state index contributed by atoms with van der Waals surface area (Å²) in [5.74, 6) is 0.397. The number of para-hydroxylation sites is 2. The lowest BCUT2D eigenvalue weighted by molar-refractivity contribution is 0.0984. The number of rotatable bonds is 4. The van der Waals surface area contributed by atoms with Crippen molar-refractivity contribution in [2.45, 2.75) is 19.8 Å². The van der Waals surface area contributed by atoms with Crippen molar-refractivity contribution in [3.63, 3.8) is 0 Å². The van der Waals surface area contributed by atoms with Crippen molar-refractivity contribution in [3.8, 4) is 5.75 Å². The van der Waals surface area contributed by atoms with Crippen molar-refractivity contribution in [2.24, 2.45) is 0 Å². The normalized spacial score (nSPS) is 12.8. The van der Waals surface area contributed by atoms with Gasteiger partial charge in [0.25, 0.3) is 11.8 Å². The van der Waals surface area contributed by atoms with Crippen LogP contribution in [0.5, 0.6) is 5.75 Å². The molecule has 30 heavy (non-hydrogen) atoms. The smallest absolute Gasteiger partial charge is 0.258 e. The number of carbonyl (C=O) groups is 2. The van der Waals surface area contributed by atoms with Crippen molar-refractivity contribution in [1.29, 1.82) is 0 Å². The van der Waals surface area contributed by atoms with Gasteiger partial charge in [-0.25, -0.2) is 0 Å². The van der Waals surface area contributed by atoms with Crippen molar-refractivity contribution in [3.05, 3.63) is 89.0 Å². The van der Waals surface area contributed by atoms with E-state index in [2.05, 4.69) is 5.32 Å². The Balaban J connectivity index is 1.59. The fourth-order valence-electron chi connectivity index (χ4n) is 3.83. The van der Waals surface area contributed by atoms with Crippen LogP contribution in [0.25, 0.3) is 0 Å². The number of aryl methyl sites for hydroxylation is 2. The van der Waals surface area contributed by atoms with E-state index < -0.39 is 0 Å². The van der Waals surface area contributed by atoms with E-state index in [9.17, 15) is 9.59 Å². The largest absolute Gasteiger partial charge is 0.495 e. The highest BCUT2D eigenvalue weighted by molar-refractivity contribution is 6.08. The van der Waals surface area contributed by atoms with Crippen LogP contribution in [0.2, 0.25) is 0 Å². The molecule has 4 rings (SSSR count). The third-order valence-electron chi connectivity index (χ3n) is 5.33. The van der Waals surface area contributed by atoms with Gasteiger partial charge in [0, 0.05) is 23.4 Å². The van der Waals surface area contributed by atoms with Gasteiger partial charge in [-0.2, -0.15) is 0 Å². The fourth-order valence-corrected chi connectivity index (χ4v) is 3.83. The number of methoxy groups -OCH3 is 1. The summed E-state index contributed by atoms with van der Waals surface area (Å²) in [5, 5.41) is 2.91. The average Bonchev–Trinajstić information content (AvgIpc) is 2.78. The number of fused-ring (bicyclic) bond motifs is 1. The van der Waals surface area contributed by atoms with Crippen LogP contribution in [0.1, 0.15) is 38.3 Å². The topological polar surface area (TPSA) is 58.6 Å². The van der Waals surface area contributed by atoms with Crippen LogP contribution >= 0.6 is 0 Å². The molecule has 0 bridgehead atoms. The van der Waals surface area contributed by atoms with E-state index in [4.69, 9.17) is 4.74 Å². The molecular formula is C25H24N2O3. The number of amides is 2. The number of anilines is 2. The molecule has 1 aliphatic heterocycles. The Morgan fingerprint density at radius 2 is 1.80 bits per heavy atom. The zero-order chi connectivity index (χ0) is 21.1. The van der Waals surface area contributed by atoms with E-state index in [0.717, 1.165) is 29.7 Å². The van der Waals surface area contributed by atoms with Gasteiger partial charge in [0.1, 0.15) is 5.75 Å². The Morgan fingerprint density at radius 3 is 2.60 bits per heavy atom. The van der Waals surface area contributed by atoms with Gasteiger partial charge < -0.3 is 15.0 Å². The summed E-state index contributed by atoms with van der Waals surface area (Å²) in [6.07, 6.45) is 1.70. The molecule has 152 valence electrons. The van der Waals surface area contributed by atoms with E-state index in [1.54, 1.807) is 25.3 Å². The quantitative estimate of drug-likeness (QED) is 0.681. The number of hydrogen-bond donors (Lipinski definition) is 1. The van der Waals surface area contributed by atoms with Gasteiger partial charge in [0.15, 0.2) is 0 Å². The predicted molar refractivity (Wildman–Crippen MR) is 119 cm³/mol. The highest BCUT2D eigenvalue weighted by Gasteiger charge is 2.24. The van der Waals surface area contributed by atoms with Crippen molar-refractivity contribution < 1.29 is 14.3 Å². The molecule has 3 aromatic carbocycles. The van der Waals surface area contributed by atoms with E-state index >= 15 is 0 Å². The Bertz CT molecular complexity index is 1110. The van der Waals surface area contributed by atoms with E-state index in [1.165, 1.54) is 0 Å². The van der Waals surface area contributed by atoms with Crippen molar-refractivity contribution in [2.75, 3.05) is 23.9 Å². The first-order valence-electron chi connectivity index (χ1n) is 10.0. The van der Waals surface area contributed by atoms with E-state index in [0.29, 0.717) is 29.1 Å². The summed E-state index contributed by atoms with van der Waals surface area (Å²) in [6.45, 7) is 2.65. The lowest BCUT2D eigenvalue weighted by Crippen LogP contribution is -2.35. The third-order valence-corrected chi connectivity index (χ3v) is 5.33. The molecule has 0 unspecified atom stereocenters. The molecule has 1 heterocycles. The van der Waals surface area contributed by atoms with Crippen LogP contribution in [0, 0.1) is 6.92 Å². The highest BCUT2D eigenvalue weighted by atomic mass is 16.5. The van der Waals surface area contributed by atoms with Crippen LogP contribution < -0.4 is 15.0 Å². The number of benzene rings is 3. The molecule has 0 aromatic heterocycles. The Kier molecular flexibility index (Phi) is 5.53. The summed E-state index contributed by atoms with van der Waals surface area (Å²) in [7, 11) is 1.57. The SMILES string of the molecule is COc1ccccc1NC(=O)c1ccc2c(c1)CCCN2C(=O)c1cccc(C)c1. The molecule has 0 spiro atoms. The number of nitrogens with zero attached hydrogens (tertiary/aromatic N) is 1. The first-order valence-corrected chi connectivity index (χ1v) is 10.0. The standard InChI is InChI=1S/C25H24N2O3/c1-17-7-5-8-20(15-17)25(29)27-14-6-9-18-16-19(12-13-22(18)27)24(28)26-21-10-3-4-11-23(21)30-2/h3-5,7-8,10-13,15-16H,6,9,14H2,1-2H3,(H,26,28). The molecule has 0 radical (unpaired) electrons. The zero-order valence-electron chi connectivity index (χ0n) is 17.1. The minimum absolute atomic E-state index is 0.00845. The molecule has 0 atom stereocenters. The molecule has 1 N–H and O–H groups in total. The first-order chi connectivity index (χ1) is 14.6. The minimum Gasteiger partial charge on any atom is -0.495 e. The maximum absolute atomic E-state index is 13.1. The third kappa shape index (κ3) is 3.92. The second kappa shape index (κ2) is 8.41. The van der Waals surface area contributed by atoms with Gasteiger partial charge in [-0.3, -0.25) is 9.59 Å². The number of ether oxygens (including phenoxy) is 1. The van der Waals surface area contributed by atoms with Crippen LogP contribution in [0.4, 0.5) is 11.4 Å². The molecule has 0 saturated carbocycles. The van der Waals surface area contributed by atoms with Gasteiger partial charge in [-0.1, -0.05) is 29.8 Å². The van der Waals surface area contributed by atoms with Gasteiger partial charge in [-0.05, 0) is 67.8 Å². The molecular weight excluding hydrogens is 376 g/mol. The summed E-state index contributed by atoms with van der Waals surface area (Å²) in [5.41, 5.74) is 4.81. The molecule has 0 fully saturated rings. The molecule has 1 aliphatic rings. The lowest BCUT2D eigenvalue weighted by atomic mass is 9.98. The van der Waals surface area contributed by atoms with E-state index in [1.807, 2.05) is 60.4 Å². The maximum Gasteiger partial charge on any atom is 0.258 e. The van der Waals surface area contributed by atoms with Crippen molar-refractivity contribution >= 4 is 23.2 Å². The Morgan fingerprint density at radius 1 is 0.967 bits per heavy atom. The second-order valence-electron chi connectivity index (χ2n) is 7.43. The second-order valence-corrected chi connectivity index (χ2v) is 7.43. The number of nitrogens with one attached hydrogen (secondary N) is 1. The zero-order valence-corrected chi connectivity index (χ0v) is 17.1. The highest BCUT2D eigenvalue weighted by Crippen LogP contribution is 2.30. The Hall–Kier alpha value is -3.60. The minimum atomic E-state index is -0.204.